The summed E-state index contributed by atoms with van der Waals surface area (Å²) in [6.07, 6.45) is 0. The molecule has 17 heavy (non-hydrogen) atoms. The molecule has 0 heterocycles. The van der Waals surface area contributed by atoms with E-state index >= 15 is 0 Å². The molecule has 2 nitrogen and oxygen atoms in total. The Kier molecular flexibility index (Phi) is 3.56. The molecule has 0 radical (unpaired) electrons. The van der Waals surface area contributed by atoms with Crippen LogP contribution < -0.4 is 0 Å². The minimum atomic E-state index is -7.42. The Labute approximate surface area is 90.5 Å². The number of hydrogen-bond donors (Lipinski definition) is 0. The van der Waals surface area contributed by atoms with Gasteiger partial charge in [-0.25, -0.2) is 8.42 Å². The Balaban J connectivity index is 5.94. The zero-order chi connectivity index (χ0) is 14.5. The van der Waals surface area contributed by atoms with Crippen molar-refractivity contribution >= 4 is 9.84 Å². The summed E-state index contributed by atoms with van der Waals surface area (Å²) in [7, 11) is -7.42. The highest BCUT2D eigenvalue weighted by atomic mass is 32.2. The van der Waals surface area contributed by atoms with Crippen LogP contribution in [-0.2, 0) is 9.84 Å². The molecule has 0 aromatic rings. The molecule has 0 N–H and O–H groups in total. The Bertz CT molecular complexity index is 355. The second-order valence-electron chi connectivity index (χ2n) is 3.31. The summed E-state index contributed by atoms with van der Waals surface area (Å²) in [5.41, 5.74) is 0. The maximum Gasteiger partial charge on any atom is 0.413 e. The van der Waals surface area contributed by atoms with Gasteiger partial charge in [0.25, 0.3) is 9.84 Å². The van der Waals surface area contributed by atoms with E-state index < -0.39 is 46.0 Å². The molecule has 0 aliphatic rings. The molecule has 0 unspecified atom stereocenters. The van der Waals surface area contributed by atoms with Gasteiger partial charge >= 0.3 is 22.4 Å². The first kappa shape index (κ1) is 16.4. The van der Waals surface area contributed by atoms with E-state index in [-0.39, 0.29) is 0 Å². The molecule has 11 heteroatoms. The molecule has 0 spiro atoms. The Morgan fingerprint density at radius 3 is 0.941 bits per heavy atom. The molecular weight excluding hydrogens is 288 g/mol. The van der Waals surface area contributed by atoms with Gasteiger partial charge in [0, 0.05) is 13.8 Å². The quantitative estimate of drug-likeness (QED) is 0.747. The number of sulfone groups is 1. The van der Waals surface area contributed by atoms with E-state index in [0.29, 0.717) is 0 Å². The SMILES string of the molecule is CC(F)(F)C(F)(F)S(=O)(=O)C(F)(F)C(C)(F)F. The first-order valence-electron chi connectivity index (χ1n) is 3.75. The van der Waals surface area contributed by atoms with Gasteiger partial charge in [0.15, 0.2) is 0 Å². The summed E-state index contributed by atoms with van der Waals surface area (Å²) in [6, 6.07) is 0. The van der Waals surface area contributed by atoms with Crippen molar-refractivity contribution in [3.05, 3.63) is 0 Å². The zero-order valence-corrected chi connectivity index (χ0v) is 9.06. The van der Waals surface area contributed by atoms with E-state index in [4.69, 9.17) is 0 Å². The summed E-state index contributed by atoms with van der Waals surface area (Å²) in [5, 5.41) is -12.6. The standard InChI is InChI=1S/C6H6F8O2S/c1-3(7,8)5(11,12)17(15,16)6(13,14)4(2,9)10/h1-2H3. The van der Waals surface area contributed by atoms with Gasteiger partial charge in [0.2, 0.25) is 0 Å². The molecule has 0 atom stereocenters. The fourth-order valence-corrected chi connectivity index (χ4v) is 1.90. The van der Waals surface area contributed by atoms with E-state index in [1.165, 1.54) is 0 Å². The molecular formula is C6H6F8O2S. The first-order valence-corrected chi connectivity index (χ1v) is 5.24. The molecule has 0 amide bonds. The first-order chi connectivity index (χ1) is 7.00. The summed E-state index contributed by atoms with van der Waals surface area (Å²) in [6.45, 7) is -1.34. The van der Waals surface area contributed by atoms with E-state index in [1.54, 1.807) is 0 Å². The van der Waals surface area contributed by atoms with Crippen LogP contribution >= 0.6 is 0 Å². The summed E-state index contributed by atoms with van der Waals surface area (Å²) in [5.74, 6) is -10.9. The zero-order valence-electron chi connectivity index (χ0n) is 8.25. The number of alkyl halides is 8. The highest BCUT2D eigenvalue weighted by Crippen LogP contribution is 2.49. The summed E-state index contributed by atoms with van der Waals surface area (Å²) in [4.78, 5) is 0. The fraction of sp³-hybridized carbons (Fsp3) is 1.00. The van der Waals surface area contributed by atoms with Crippen LogP contribution in [0.4, 0.5) is 35.1 Å². The average molecular weight is 294 g/mol. The predicted molar refractivity (Wildman–Crippen MR) is 40.1 cm³/mol. The number of halogens is 8. The van der Waals surface area contributed by atoms with Crippen molar-refractivity contribution in [2.45, 2.75) is 36.2 Å². The van der Waals surface area contributed by atoms with Crippen molar-refractivity contribution in [1.82, 2.24) is 0 Å². The summed E-state index contributed by atoms with van der Waals surface area (Å²) >= 11 is 0. The number of hydrogen-bond acceptors (Lipinski definition) is 2. The molecule has 104 valence electrons. The topological polar surface area (TPSA) is 34.1 Å². The molecule has 0 saturated heterocycles. The van der Waals surface area contributed by atoms with E-state index in [0.717, 1.165) is 0 Å². The molecule has 0 aromatic heterocycles. The molecule has 0 rings (SSSR count). The van der Waals surface area contributed by atoms with Crippen LogP contribution in [0.1, 0.15) is 13.8 Å². The van der Waals surface area contributed by atoms with E-state index in [2.05, 4.69) is 0 Å². The largest absolute Gasteiger partial charge is 0.413 e. The molecule has 0 aromatic carbocycles. The fourth-order valence-electron chi connectivity index (χ4n) is 0.633. The lowest BCUT2D eigenvalue weighted by Gasteiger charge is -2.29. The van der Waals surface area contributed by atoms with Crippen LogP contribution in [-0.4, -0.2) is 30.8 Å². The van der Waals surface area contributed by atoms with Crippen molar-refractivity contribution in [3.63, 3.8) is 0 Å². The van der Waals surface area contributed by atoms with Crippen LogP contribution in [0.2, 0.25) is 0 Å². The van der Waals surface area contributed by atoms with Crippen molar-refractivity contribution in [2.75, 3.05) is 0 Å². The van der Waals surface area contributed by atoms with Crippen LogP contribution in [0.3, 0.4) is 0 Å². The second kappa shape index (κ2) is 3.69. The van der Waals surface area contributed by atoms with E-state index in [1.807, 2.05) is 0 Å². The lowest BCUT2D eigenvalue weighted by molar-refractivity contribution is -0.171. The van der Waals surface area contributed by atoms with Crippen molar-refractivity contribution in [2.24, 2.45) is 0 Å². The summed E-state index contributed by atoms with van der Waals surface area (Å²) < 4.78 is 120. The maximum atomic E-state index is 12.6. The van der Waals surface area contributed by atoms with Crippen LogP contribution in [0.5, 0.6) is 0 Å². The Hall–Kier alpha value is -0.610. The van der Waals surface area contributed by atoms with Gasteiger partial charge in [-0.1, -0.05) is 0 Å². The van der Waals surface area contributed by atoms with Crippen LogP contribution in [0.15, 0.2) is 0 Å². The molecule has 0 bridgehead atoms. The third-order valence-corrected chi connectivity index (χ3v) is 3.76. The number of rotatable bonds is 4. The van der Waals surface area contributed by atoms with Crippen molar-refractivity contribution in [3.8, 4) is 0 Å². The molecule has 0 saturated carbocycles. The van der Waals surface area contributed by atoms with Gasteiger partial charge in [0.1, 0.15) is 0 Å². The highest BCUT2D eigenvalue weighted by Gasteiger charge is 2.76. The molecule has 0 aliphatic heterocycles. The monoisotopic (exact) mass is 294 g/mol. The molecule has 0 aliphatic carbocycles. The third kappa shape index (κ3) is 2.20. The van der Waals surface area contributed by atoms with E-state index in [9.17, 15) is 43.5 Å². The van der Waals surface area contributed by atoms with Gasteiger partial charge in [-0.05, 0) is 0 Å². The molecule has 0 fully saturated rings. The second-order valence-corrected chi connectivity index (χ2v) is 5.35. The van der Waals surface area contributed by atoms with Crippen molar-refractivity contribution < 1.29 is 43.5 Å². The Morgan fingerprint density at radius 1 is 0.647 bits per heavy atom. The predicted octanol–water partition coefficient (Wildman–Crippen LogP) is 2.90. The van der Waals surface area contributed by atoms with Crippen LogP contribution in [0, 0.1) is 0 Å². The highest BCUT2D eigenvalue weighted by molar-refractivity contribution is 7.93. The Morgan fingerprint density at radius 2 is 0.824 bits per heavy atom. The van der Waals surface area contributed by atoms with Gasteiger partial charge in [-0.15, -0.1) is 0 Å². The van der Waals surface area contributed by atoms with Gasteiger partial charge in [-0.3, -0.25) is 0 Å². The minimum absolute atomic E-state index is 0.672. The minimum Gasteiger partial charge on any atom is -0.216 e. The van der Waals surface area contributed by atoms with Crippen LogP contribution in [0.25, 0.3) is 0 Å². The maximum absolute atomic E-state index is 12.6. The van der Waals surface area contributed by atoms with Gasteiger partial charge in [-0.2, -0.15) is 35.1 Å². The average Bonchev–Trinajstić information content (AvgIpc) is 1.98. The van der Waals surface area contributed by atoms with Gasteiger partial charge in [0.05, 0.1) is 0 Å². The lowest BCUT2D eigenvalue weighted by atomic mass is 10.4. The van der Waals surface area contributed by atoms with Gasteiger partial charge < -0.3 is 0 Å². The van der Waals surface area contributed by atoms with Crippen molar-refractivity contribution in [1.29, 1.82) is 0 Å². The lowest BCUT2D eigenvalue weighted by Crippen LogP contribution is -2.57. The smallest absolute Gasteiger partial charge is 0.216 e. The normalized spacial score (nSPS) is 16.1. The third-order valence-electron chi connectivity index (χ3n) is 1.70.